The second-order valence-corrected chi connectivity index (χ2v) is 7.35. The maximum atomic E-state index is 2.35. The van der Waals surface area contributed by atoms with E-state index in [9.17, 15) is 0 Å². The molecule has 0 aromatic heterocycles. The molecule has 2 atom stereocenters. The van der Waals surface area contributed by atoms with Crippen LogP contribution in [0.15, 0.2) is 0 Å². The van der Waals surface area contributed by atoms with Gasteiger partial charge in [-0.2, -0.15) is 0 Å². The first-order valence-electron chi connectivity index (χ1n) is 2.19. The Bertz CT molecular complexity index is 24.7. The predicted molar refractivity (Wildman–Crippen MR) is 37.6 cm³/mol. The summed E-state index contributed by atoms with van der Waals surface area (Å²) in [7, 11) is 1.65. The van der Waals surface area contributed by atoms with E-state index in [1.807, 2.05) is 0 Å². The second-order valence-electron chi connectivity index (χ2n) is 1.24. The summed E-state index contributed by atoms with van der Waals surface area (Å²) in [5.74, 6) is 0. The van der Waals surface area contributed by atoms with Crippen molar-refractivity contribution < 1.29 is 0 Å². The highest BCUT2D eigenvalue weighted by Crippen LogP contribution is 2.48. The van der Waals surface area contributed by atoms with Crippen LogP contribution in [-0.4, -0.2) is 19.5 Å². The molecule has 0 radical (unpaired) electrons. The van der Waals surface area contributed by atoms with E-state index < -0.39 is 0 Å². The highest BCUT2D eigenvalue weighted by Gasteiger charge is 1.86. The van der Waals surface area contributed by atoms with Gasteiger partial charge in [0.2, 0.25) is 0 Å². The zero-order valence-corrected chi connectivity index (χ0v) is 6.55. The molecule has 0 saturated carbocycles. The molecule has 0 aromatic carbocycles. The molecule has 0 heterocycles. The van der Waals surface area contributed by atoms with E-state index in [0.717, 1.165) is 0 Å². The molecule has 0 bridgehead atoms. The normalized spacial score (nSPS) is 16.5. The number of hydrogen-bond donors (Lipinski definition) is 0. The topological polar surface area (TPSA) is 0 Å². The fourth-order valence-electron chi connectivity index (χ4n) is 0.158. The van der Waals surface area contributed by atoms with Gasteiger partial charge < -0.3 is 0 Å². The lowest BCUT2D eigenvalue weighted by Crippen LogP contribution is -1.61. The Labute approximate surface area is 43.1 Å². The highest BCUT2D eigenvalue weighted by molar-refractivity contribution is 8.20. The molecule has 2 heteroatoms. The third-order valence-electron chi connectivity index (χ3n) is 0.856. The smallest absolute Gasteiger partial charge is 0.0320 e. The van der Waals surface area contributed by atoms with Crippen LogP contribution in [0.2, 0.25) is 0 Å². The van der Waals surface area contributed by atoms with E-state index in [-0.39, 0.29) is 0 Å². The highest BCUT2D eigenvalue weighted by atomic mass is 32.0. The third kappa shape index (κ3) is 3.07. The molecule has 6 heavy (non-hydrogen) atoms. The fourth-order valence-corrected chi connectivity index (χ4v) is 1.42. The predicted octanol–water partition coefficient (Wildman–Crippen LogP) is 2.34. The molecule has 0 nitrogen and oxygen atoms in total. The molecule has 38 valence electrons. The Morgan fingerprint density at radius 3 is 2.17 bits per heavy atom. The van der Waals surface area contributed by atoms with Crippen molar-refractivity contribution in [1.82, 2.24) is 0 Å². The summed E-state index contributed by atoms with van der Waals surface area (Å²) in [6, 6.07) is 0. The maximum Gasteiger partial charge on any atom is -0.0320 e. The molecule has 0 rings (SSSR count). The van der Waals surface area contributed by atoms with Crippen LogP contribution >= 0.6 is 15.9 Å². The number of rotatable bonds is 2. The van der Waals surface area contributed by atoms with Gasteiger partial charge in [0.25, 0.3) is 0 Å². The van der Waals surface area contributed by atoms with Gasteiger partial charge in [-0.1, -0.05) is 22.8 Å². The third-order valence-corrected chi connectivity index (χ3v) is 5.81. The summed E-state index contributed by atoms with van der Waals surface area (Å²) in [5, 5.41) is 0. The molecule has 1 unspecified atom stereocenters. The molecule has 0 saturated heterocycles. The average Bonchev–Trinajstić information content (AvgIpc) is 1.65. The lowest BCUT2D eigenvalue weighted by molar-refractivity contribution is 1.51. The van der Waals surface area contributed by atoms with Crippen LogP contribution in [0.25, 0.3) is 0 Å². The van der Waals surface area contributed by atoms with Crippen molar-refractivity contribution in [2.75, 3.05) is 19.5 Å². The van der Waals surface area contributed by atoms with E-state index >= 15 is 0 Å². The summed E-state index contributed by atoms with van der Waals surface area (Å²) >= 11 is 0. The summed E-state index contributed by atoms with van der Waals surface area (Å²) in [6.45, 7) is 6.91. The van der Waals surface area contributed by atoms with Crippen LogP contribution < -0.4 is 0 Å². The largest absolute Gasteiger partial charge is 0.0995 e. The van der Waals surface area contributed by atoms with Gasteiger partial charge in [-0.3, -0.25) is 0 Å². The van der Waals surface area contributed by atoms with Gasteiger partial charge in [0.1, 0.15) is 0 Å². The molecular formula is C4H12P2. The molecule has 0 amide bonds. The van der Waals surface area contributed by atoms with Crippen molar-refractivity contribution in [1.29, 1.82) is 0 Å². The quantitative estimate of drug-likeness (QED) is 0.493. The van der Waals surface area contributed by atoms with Crippen LogP contribution in [0, 0.1) is 0 Å². The lowest BCUT2D eigenvalue weighted by Gasteiger charge is -2.00. The standard InChI is InChI=1S/C4H12P2/c1-4-6(3)5-2/h5H,4H2,1-3H3/t6-/m1/s1. The SMILES string of the molecule is CC[P@@](C)PC. The first-order chi connectivity index (χ1) is 2.81. The molecule has 0 fully saturated rings. The van der Waals surface area contributed by atoms with E-state index in [4.69, 9.17) is 0 Å². The summed E-state index contributed by atoms with van der Waals surface area (Å²) < 4.78 is 0. The molecule has 0 aliphatic heterocycles. The zero-order valence-electron chi connectivity index (χ0n) is 4.65. The van der Waals surface area contributed by atoms with E-state index in [1.165, 1.54) is 14.4 Å². The van der Waals surface area contributed by atoms with Gasteiger partial charge in [-0.15, -0.1) is 0 Å². The first-order valence-corrected chi connectivity index (χ1v) is 6.51. The lowest BCUT2D eigenvalue weighted by atomic mass is 11.0. The Balaban J connectivity index is 2.75. The van der Waals surface area contributed by atoms with Crippen molar-refractivity contribution >= 4 is 15.9 Å². The molecule has 0 aromatic rings. The van der Waals surface area contributed by atoms with Crippen molar-refractivity contribution in [3.63, 3.8) is 0 Å². The van der Waals surface area contributed by atoms with Crippen molar-refractivity contribution in [3.8, 4) is 0 Å². The minimum absolute atomic E-state index is 0.452. The summed E-state index contributed by atoms with van der Waals surface area (Å²) in [5.41, 5.74) is 0. The van der Waals surface area contributed by atoms with E-state index in [2.05, 4.69) is 20.3 Å². The van der Waals surface area contributed by atoms with Gasteiger partial charge in [-0.05, 0) is 19.5 Å². The Kier molecular flexibility index (Phi) is 4.61. The molecule has 0 aliphatic carbocycles. The van der Waals surface area contributed by atoms with Gasteiger partial charge >= 0.3 is 0 Å². The zero-order chi connectivity index (χ0) is 4.99. The van der Waals surface area contributed by atoms with E-state index in [1.54, 1.807) is 0 Å². The summed E-state index contributed by atoms with van der Waals surface area (Å²) in [4.78, 5) is 0. The van der Waals surface area contributed by atoms with Crippen LogP contribution in [0.5, 0.6) is 0 Å². The van der Waals surface area contributed by atoms with Crippen molar-refractivity contribution in [2.45, 2.75) is 6.92 Å². The second kappa shape index (κ2) is 4.03. The maximum absolute atomic E-state index is 2.35. The molecular weight excluding hydrogens is 110 g/mol. The van der Waals surface area contributed by atoms with Crippen molar-refractivity contribution in [2.24, 2.45) is 0 Å². The Morgan fingerprint density at radius 2 is 2.17 bits per heavy atom. The van der Waals surface area contributed by atoms with Gasteiger partial charge in [-0.25, -0.2) is 0 Å². The number of hydrogen-bond acceptors (Lipinski definition) is 0. The minimum atomic E-state index is 0.452. The molecule has 0 aliphatic rings. The minimum Gasteiger partial charge on any atom is -0.0995 e. The van der Waals surface area contributed by atoms with Crippen LogP contribution in [-0.2, 0) is 0 Å². The van der Waals surface area contributed by atoms with Gasteiger partial charge in [0.05, 0.1) is 0 Å². The van der Waals surface area contributed by atoms with Crippen LogP contribution in [0.3, 0.4) is 0 Å². The van der Waals surface area contributed by atoms with Crippen LogP contribution in [0.1, 0.15) is 6.92 Å². The van der Waals surface area contributed by atoms with Gasteiger partial charge in [0.15, 0.2) is 0 Å². The Hall–Kier alpha value is 0.860. The molecule has 0 N–H and O–H groups in total. The fraction of sp³-hybridized carbons (Fsp3) is 1.00. The van der Waals surface area contributed by atoms with Gasteiger partial charge in [0, 0.05) is 0 Å². The van der Waals surface area contributed by atoms with Crippen LogP contribution in [0.4, 0.5) is 0 Å². The van der Waals surface area contributed by atoms with Crippen molar-refractivity contribution in [3.05, 3.63) is 0 Å². The average molecular weight is 122 g/mol. The first kappa shape index (κ1) is 6.86. The monoisotopic (exact) mass is 122 g/mol. The van der Waals surface area contributed by atoms with E-state index in [0.29, 0.717) is 7.61 Å². The summed E-state index contributed by atoms with van der Waals surface area (Å²) in [6.07, 6.45) is 1.41. The molecule has 0 spiro atoms. The Morgan fingerprint density at radius 1 is 1.67 bits per heavy atom.